The first-order chi connectivity index (χ1) is 11.2. The van der Waals surface area contributed by atoms with Gasteiger partial charge in [-0.25, -0.2) is 0 Å². The molecular formula is C17H16N4OS. The van der Waals surface area contributed by atoms with E-state index < -0.39 is 0 Å². The molecule has 0 fully saturated rings. The second-order valence-electron chi connectivity index (χ2n) is 5.55. The standard InChI is InChI=1S/C17H16N4OS/c1-10-8-12-9-13(5-6-14(12)18-10)19-11(2)17-20-16(21-22-17)15-4-3-7-23-15/h3-9,11,18-19H,1-2H3/t11-/m0/s1. The minimum Gasteiger partial charge on any atom is -0.374 e. The zero-order valence-electron chi connectivity index (χ0n) is 12.8. The molecule has 2 N–H and O–H groups in total. The van der Waals surface area contributed by atoms with Crippen molar-refractivity contribution in [2.75, 3.05) is 5.32 Å². The normalized spacial score (nSPS) is 12.6. The molecule has 4 rings (SSSR count). The van der Waals surface area contributed by atoms with Gasteiger partial charge in [0.1, 0.15) is 6.04 Å². The quantitative estimate of drug-likeness (QED) is 0.568. The number of aryl methyl sites for hydroxylation is 1. The number of nitrogens with zero attached hydrogens (tertiary/aromatic N) is 2. The molecular weight excluding hydrogens is 308 g/mol. The summed E-state index contributed by atoms with van der Waals surface area (Å²) in [5.74, 6) is 1.22. The monoisotopic (exact) mass is 324 g/mol. The van der Waals surface area contributed by atoms with Crippen molar-refractivity contribution in [1.82, 2.24) is 15.1 Å². The average molecular weight is 324 g/mol. The van der Waals surface area contributed by atoms with Gasteiger partial charge >= 0.3 is 0 Å². The Labute approximate surface area is 137 Å². The molecule has 0 radical (unpaired) electrons. The third-order valence-corrected chi connectivity index (χ3v) is 4.56. The number of nitrogens with one attached hydrogen (secondary N) is 2. The number of rotatable bonds is 4. The van der Waals surface area contributed by atoms with Gasteiger partial charge < -0.3 is 14.8 Å². The van der Waals surface area contributed by atoms with Crippen LogP contribution in [0, 0.1) is 6.92 Å². The predicted molar refractivity (Wildman–Crippen MR) is 92.7 cm³/mol. The number of H-pyrrole nitrogens is 1. The number of thiophene rings is 1. The second kappa shape index (κ2) is 5.55. The SMILES string of the molecule is Cc1cc2cc(N[C@@H](C)c3nc(-c4cccs4)no3)ccc2[nH]1. The number of benzene rings is 1. The van der Waals surface area contributed by atoms with Crippen molar-refractivity contribution < 1.29 is 4.52 Å². The Hall–Kier alpha value is -2.60. The van der Waals surface area contributed by atoms with Crippen LogP contribution >= 0.6 is 11.3 Å². The van der Waals surface area contributed by atoms with Gasteiger partial charge in [-0.05, 0) is 49.6 Å². The van der Waals surface area contributed by atoms with Crippen LogP contribution < -0.4 is 5.32 Å². The molecule has 3 aromatic heterocycles. The third kappa shape index (κ3) is 2.73. The summed E-state index contributed by atoms with van der Waals surface area (Å²) < 4.78 is 5.39. The minimum absolute atomic E-state index is 0.0614. The lowest BCUT2D eigenvalue weighted by molar-refractivity contribution is 0.368. The molecule has 5 nitrogen and oxygen atoms in total. The molecule has 23 heavy (non-hydrogen) atoms. The Balaban J connectivity index is 1.55. The number of anilines is 1. The van der Waals surface area contributed by atoms with Crippen LogP contribution in [-0.4, -0.2) is 15.1 Å². The van der Waals surface area contributed by atoms with Gasteiger partial charge in [0, 0.05) is 22.3 Å². The predicted octanol–water partition coefficient (Wildman–Crippen LogP) is 4.76. The maximum atomic E-state index is 5.39. The maximum Gasteiger partial charge on any atom is 0.249 e. The van der Waals surface area contributed by atoms with E-state index in [9.17, 15) is 0 Å². The molecule has 0 unspecified atom stereocenters. The highest BCUT2D eigenvalue weighted by atomic mass is 32.1. The number of hydrogen-bond acceptors (Lipinski definition) is 5. The van der Waals surface area contributed by atoms with E-state index in [0.29, 0.717) is 11.7 Å². The molecule has 0 amide bonds. The second-order valence-corrected chi connectivity index (χ2v) is 6.50. The van der Waals surface area contributed by atoms with Gasteiger partial charge in [-0.15, -0.1) is 11.3 Å². The summed E-state index contributed by atoms with van der Waals surface area (Å²) in [5, 5.41) is 10.7. The first-order valence-electron chi connectivity index (χ1n) is 7.42. The van der Waals surface area contributed by atoms with Crippen LogP contribution in [0.1, 0.15) is 24.6 Å². The summed E-state index contributed by atoms with van der Waals surface area (Å²) in [7, 11) is 0. The van der Waals surface area contributed by atoms with Crippen LogP contribution in [-0.2, 0) is 0 Å². The van der Waals surface area contributed by atoms with Gasteiger partial charge in [-0.3, -0.25) is 0 Å². The lowest BCUT2D eigenvalue weighted by atomic mass is 10.2. The van der Waals surface area contributed by atoms with E-state index in [-0.39, 0.29) is 6.04 Å². The molecule has 0 bridgehead atoms. The zero-order chi connectivity index (χ0) is 15.8. The van der Waals surface area contributed by atoms with Crippen molar-refractivity contribution in [3.05, 3.63) is 53.4 Å². The third-order valence-electron chi connectivity index (χ3n) is 3.69. The highest BCUT2D eigenvalue weighted by Crippen LogP contribution is 2.26. The average Bonchev–Trinajstić information content (AvgIpc) is 3.26. The Morgan fingerprint density at radius 1 is 1.26 bits per heavy atom. The van der Waals surface area contributed by atoms with Crippen molar-refractivity contribution in [3.8, 4) is 10.7 Å². The minimum atomic E-state index is -0.0614. The molecule has 0 spiro atoms. The van der Waals surface area contributed by atoms with Crippen LogP contribution in [0.15, 0.2) is 46.3 Å². The Morgan fingerprint density at radius 3 is 3.00 bits per heavy atom. The van der Waals surface area contributed by atoms with Crippen LogP contribution in [0.2, 0.25) is 0 Å². The Kier molecular flexibility index (Phi) is 3.38. The molecule has 3 heterocycles. The maximum absolute atomic E-state index is 5.39. The van der Waals surface area contributed by atoms with Crippen LogP contribution in [0.25, 0.3) is 21.6 Å². The molecule has 4 aromatic rings. The molecule has 1 aromatic carbocycles. The number of aromatic nitrogens is 3. The summed E-state index contributed by atoms with van der Waals surface area (Å²) >= 11 is 1.60. The Morgan fingerprint density at radius 2 is 2.17 bits per heavy atom. The van der Waals surface area contributed by atoms with Gasteiger partial charge in [-0.1, -0.05) is 11.2 Å². The first kappa shape index (κ1) is 14.0. The number of hydrogen-bond donors (Lipinski definition) is 2. The lowest BCUT2D eigenvalue weighted by Gasteiger charge is -2.11. The summed E-state index contributed by atoms with van der Waals surface area (Å²) in [5.41, 5.74) is 3.32. The molecule has 6 heteroatoms. The topological polar surface area (TPSA) is 66.7 Å². The molecule has 1 atom stereocenters. The smallest absolute Gasteiger partial charge is 0.249 e. The molecule has 116 valence electrons. The molecule has 0 aliphatic heterocycles. The summed E-state index contributed by atoms with van der Waals surface area (Å²) in [6.45, 7) is 4.07. The molecule has 0 aliphatic rings. The van der Waals surface area contributed by atoms with Gasteiger partial charge in [-0.2, -0.15) is 4.98 Å². The van der Waals surface area contributed by atoms with Crippen molar-refractivity contribution in [2.45, 2.75) is 19.9 Å². The fourth-order valence-corrected chi connectivity index (χ4v) is 3.25. The van der Waals surface area contributed by atoms with Gasteiger partial charge in [0.15, 0.2) is 0 Å². The first-order valence-corrected chi connectivity index (χ1v) is 8.30. The summed E-state index contributed by atoms with van der Waals surface area (Å²) in [6.07, 6.45) is 0. The highest BCUT2D eigenvalue weighted by Gasteiger charge is 2.15. The van der Waals surface area contributed by atoms with E-state index in [1.165, 1.54) is 5.39 Å². The highest BCUT2D eigenvalue weighted by molar-refractivity contribution is 7.13. The van der Waals surface area contributed by atoms with Gasteiger partial charge in [0.05, 0.1) is 4.88 Å². The van der Waals surface area contributed by atoms with Crippen LogP contribution in [0.4, 0.5) is 5.69 Å². The van der Waals surface area contributed by atoms with Crippen molar-refractivity contribution >= 4 is 27.9 Å². The van der Waals surface area contributed by atoms with E-state index in [2.05, 4.69) is 45.6 Å². The fraction of sp³-hybridized carbons (Fsp3) is 0.176. The molecule has 0 saturated carbocycles. The van der Waals surface area contributed by atoms with Crippen LogP contribution in [0.5, 0.6) is 0 Å². The van der Waals surface area contributed by atoms with Crippen molar-refractivity contribution in [1.29, 1.82) is 0 Å². The summed E-state index contributed by atoms with van der Waals surface area (Å²) in [6, 6.07) is 12.3. The number of fused-ring (bicyclic) bond motifs is 1. The van der Waals surface area contributed by atoms with Gasteiger partial charge in [0.2, 0.25) is 11.7 Å². The Bertz CT molecular complexity index is 939. The molecule has 0 aliphatic carbocycles. The zero-order valence-corrected chi connectivity index (χ0v) is 13.6. The van der Waals surface area contributed by atoms with Crippen molar-refractivity contribution in [2.24, 2.45) is 0 Å². The lowest BCUT2D eigenvalue weighted by Crippen LogP contribution is -2.06. The largest absolute Gasteiger partial charge is 0.374 e. The fourth-order valence-electron chi connectivity index (χ4n) is 2.60. The van der Waals surface area contributed by atoms with E-state index in [0.717, 1.165) is 21.8 Å². The van der Waals surface area contributed by atoms with E-state index in [1.54, 1.807) is 11.3 Å². The van der Waals surface area contributed by atoms with E-state index in [1.807, 2.05) is 30.5 Å². The molecule has 0 saturated heterocycles. The van der Waals surface area contributed by atoms with Crippen LogP contribution in [0.3, 0.4) is 0 Å². The van der Waals surface area contributed by atoms with Crippen molar-refractivity contribution in [3.63, 3.8) is 0 Å². The van der Waals surface area contributed by atoms with E-state index in [4.69, 9.17) is 4.52 Å². The summed E-state index contributed by atoms with van der Waals surface area (Å²) in [4.78, 5) is 8.81. The van der Waals surface area contributed by atoms with E-state index >= 15 is 0 Å². The number of aromatic amines is 1. The van der Waals surface area contributed by atoms with Gasteiger partial charge in [0.25, 0.3) is 0 Å².